The summed E-state index contributed by atoms with van der Waals surface area (Å²) in [4.78, 5) is 10.8. The van der Waals surface area contributed by atoms with Crippen molar-refractivity contribution in [2.45, 2.75) is 38.6 Å². The molecule has 1 atom stereocenters. The van der Waals surface area contributed by atoms with Gasteiger partial charge in [0.1, 0.15) is 6.04 Å². The van der Waals surface area contributed by atoms with Crippen molar-refractivity contribution in [3.8, 4) is 0 Å². The van der Waals surface area contributed by atoms with Crippen LogP contribution in [0.3, 0.4) is 0 Å². The molecule has 0 unspecified atom stereocenters. The fraction of sp³-hybridized carbons (Fsp3) is 0.417. The van der Waals surface area contributed by atoms with Crippen LogP contribution in [0.2, 0.25) is 0 Å². The predicted molar refractivity (Wildman–Crippen MR) is 72.5 cm³/mol. The van der Waals surface area contributed by atoms with Crippen LogP contribution in [0.1, 0.15) is 23.6 Å². The van der Waals surface area contributed by atoms with Crippen molar-refractivity contribution in [3.63, 3.8) is 0 Å². The average molecular weight is 286 g/mol. The number of sulfonamides is 1. The minimum Gasteiger partial charge on any atom is -0.480 e. The predicted octanol–water partition coefficient (Wildman–Crippen LogP) is 0.945. The summed E-state index contributed by atoms with van der Waals surface area (Å²) in [6.45, 7) is 6.32. The van der Waals surface area contributed by atoms with Gasteiger partial charge in [-0.2, -0.15) is 4.72 Å². The van der Waals surface area contributed by atoms with Gasteiger partial charge in [-0.15, -0.1) is 0 Å². The van der Waals surface area contributed by atoms with Crippen LogP contribution in [0.25, 0.3) is 0 Å². The fourth-order valence-corrected chi connectivity index (χ4v) is 3.62. The number of nitrogens with two attached hydrogens (primary N) is 1. The van der Waals surface area contributed by atoms with Gasteiger partial charge in [-0.3, -0.25) is 4.79 Å². The van der Waals surface area contributed by atoms with Crippen LogP contribution < -0.4 is 10.5 Å². The summed E-state index contributed by atoms with van der Waals surface area (Å²) >= 11 is 0. The van der Waals surface area contributed by atoms with Crippen LogP contribution in [0.15, 0.2) is 11.0 Å². The molecule has 0 saturated carbocycles. The minimum absolute atomic E-state index is 0.0451. The van der Waals surface area contributed by atoms with Crippen LogP contribution in [0, 0.1) is 20.8 Å². The van der Waals surface area contributed by atoms with Gasteiger partial charge >= 0.3 is 5.97 Å². The fourth-order valence-electron chi connectivity index (χ4n) is 1.94. The normalized spacial score (nSPS) is 13.3. The maximum Gasteiger partial charge on any atom is 0.321 e. The summed E-state index contributed by atoms with van der Waals surface area (Å²) in [5.41, 5.74) is 7.99. The molecule has 1 aromatic rings. The molecular weight excluding hydrogens is 268 g/mol. The first kappa shape index (κ1) is 15.5. The number of hydrogen-bond donors (Lipinski definition) is 3. The highest BCUT2D eigenvalue weighted by molar-refractivity contribution is 7.89. The monoisotopic (exact) mass is 286 g/mol. The first-order valence-corrected chi connectivity index (χ1v) is 7.17. The maximum atomic E-state index is 12.2. The van der Waals surface area contributed by atoms with Gasteiger partial charge < -0.3 is 10.8 Å². The standard InChI is InChI=1S/C12H18N2O4S/c1-6-5-7(2)11(8(3)10(6)13)19(17,18)14-9(4)12(15)16/h5,9,14H,13H2,1-4H3,(H,15,16)/t9-/m0/s1. The number of carbonyl (C=O) groups is 1. The Kier molecular flexibility index (Phi) is 4.21. The Labute approximate surface area is 112 Å². The highest BCUT2D eigenvalue weighted by Crippen LogP contribution is 2.27. The second kappa shape index (κ2) is 5.18. The van der Waals surface area contributed by atoms with E-state index < -0.39 is 22.0 Å². The number of rotatable bonds is 4. The molecule has 0 heterocycles. The van der Waals surface area contributed by atoms with Crippen LogP contribution in [0.4, 0.5) is 5.69 Å². The molecule has 0 bridgehead atoms. The molecular formula is C12H18N2O4S. The van der Waals surface area contributed by atoms with Gasteiger partial charge in [0.15, 0.2) is 0 Å². The van der Waals surface area contributed by atoms with Crippen molar-refractivity contribution >= 4 is 21.7 Å². The molecule has 19 heavy (non-hydrogen) atoms. The Balaban J connectivity index is 3.38. The molecule has 7 heteroatoms. The van der Waals surface area contributed by atoms with Crippen molar-refractivity contribution in [2.24, 2.45) is 0 Å². The second-order valence-corrected chi connectivity index (χ2v) is 6.21. The molecule has 6 nitrogen and oxygen atoms in total. The van der Waals surface area contributed by atoms with Gasteiger partial charge in [0, 0.05) is 5.69 Å². The molecule has 0 aliphatic rings. The van der Waals surface area contributed by atoms with Crippen LogP contribution >= 0.6 is 0 Å². The van der Waals surface area contributed by atoms with Gasteiger partial charge in [0.2, 0.25) is 10.0 Å². The Hall–Kier alpha value is -1.60. The van der Waals surface area contributed by atoms with Gasteiger partial charge in [0.25, 0.3) is 0 Å². The number of aliphatic carboxylic acids is 1. The van der Waals surface area contributed by atoms with Gasteiger partial charge in [-0.1, -0.05) is 6.07 Å². The van der Waals surface area contributed by atoms with Crippen molar-refractivity contribution in [1.82, 2.24) is 4.72 Å². The molecule has 0 aliphatic heterocycles. The molecule has 0 aromatic heterocycles. The summed E-state index contributed by atoms with van der Waals surface area (Å²) in [6.07, 6.45) is 0. The Morgan fingerprint density at radius 3 is 2.32 bits per heavy atom. The highest BCUT2D eigenvalue weighted by Gasteiger charge is 2.26. The van der Waals surface area contributed by atoms with Gasteiger partial charge in [-0.25, -0.2) is 8.42 Å². The van der Waals surface area contributed by atoms with Gasteiger partial charge in [-0.05, 0) is 44.4 Å². The van der Waals surface area contributed by atoms with E-state index in [0.29, 0.717) is 16.8 Å². The molecule has 1 rings (SSSR count). The van der Waals surface area contributed by atoms with E-state index >= 15 is 0 Å². The lowest BCUT2D eigenvalue weighted by Gasteiger charge is -2.17. The number of benzene rings is 1. The van der Waals surface area contributed by atoms with Crippen molar-refractivity contribution in [1.29, 1.82) is 0 Å². The molecule has 0 spiro atoms. The van der Waals surface area contributed by atoms with E-state index in [4.69, 9.17) is 10.8 Å². The third-order valence-electron chi connectivity index (χ3n) is 2.93. The highest BCUT2D eigenvalue weighted by atomic mass is 32.2. The third-order valence-corrected chi connectivity index (χ3v) is 4.76. The Bertz CT molecular complexity index is 623. The molecule has 0 amide bonds. The number of aryl methyl sites for hydroxylation is 2. The summed E-state index contributed by atoms with van der Waals surface area (Å²) < 4.78 is 26.6. The Morgan fingerprint density at radius 1 is 1.32 bits per heavy atom. The zero-order valence-corrected chi connectivity index (χ0v) is 12.1. The maximum absolute atomic E-state index is 12.2. The first-order chi connectivity index (χ1) is 8.58. The number of hydrogen-bond acceptors (Lipinski definition) is 4. The molecule has 0 saturated heterocycles. The summed E-state index contributed by atoms with van der Waals surface area (Å²) in [5, 5.41) is 8.78. The van der Waals surface area contributed by atoms with E-state index in [2.05, 4.69) is 4.72 Å². The smallest absolute Gasteiger partial charge is 0.321 e. The summed E-state index contributed by atoms with van der Waals surface area (Å²) in [7, 11) is -3.92. The lowest BCUT2D eigenvalue weighted by molar-refractivity contribution is -0.138. The molecule has 0 fully saturated rings. The number of nitrogen functional groups attached to an aromatic ring is 1. The van der Waals surface area contributed by atoms with E-state index in [0.717, 1.165) is 5.56 Å². The summed E-state index contributed by atoms with van der Waals surface area (Å²) in [6, 6.07) is 0.467. The van der Waals surface area contributed by atoms with E-state index in [1.807, 2.05) is 0 Å². The Morgan fingerprint density at radius 2 is 1.84 bits per heavy atom. The number of carboxylic acid groups (broad SMARTS) is 1. The average Bonchev–Trinajstić information content (AvgIpc) is 2.24. The van der Waals surface area contributed by atoms with E-state index in [-0.39, 0.29) is 4.90 Å². The number of carboxylic acids is 1. The van der Waals surface area contributed by atoms with Crippen molar-refractivity contribution < 1.29 is 18.3 Å². The van der Waals surface area contributed by atoms with E-state index in [1.54, 1.807) is 26.8 Å². The number of nitrogens with one attached hydrogen (secondary N) is 1. The van der Waals surface area contributed by atoms with E-state index in [9.17, 15) is 13.2 Å². The molecule has 0 aliphatic carbocycles. The molecule has 1 aromatic carbocycles. The molecule has 106 valence electrons. The van der Waals surface area contributed by atoms with Crippen molar-refractivity contribution in [2.75, 3.05) is 5.73 Å². The van der Waals surface area contributed by atoms with Crippen LogP contribution in [-0.2, 0) is 14.8 Å². The van der Waals surface area contributed by atoms with Crippen LogP contribution in [0.5, 0.6) is 0 Å². The lowest BCUT2D eigenvalue weighted by atomic mass is 10.1. The van der Waals surface area contributed by atoms with Gasteiger partial charge in [0.05, 0.1) is 4.90 Å². The largest absolute Gasteiger partial charge is 0.480 e. The van der Waals surface area contributed by atoms with Crippen LogP contribution in [-0.4, -0.2) is 25.5 Å². The topological polar surface area (TPSA) is 109 Å². The zero-order chi connectivity index (χ0) is 15.0. The first-order valence-electron chi connectivity index (χ1n) is 5.69. The van der Waals surface area contributed by atoms with E-state index in [1.165, 1.54) is 6.92 Å². The van der Waals surface area contributed by atoms with Crippen molar-refractivity contribution in [3.05, 3.63) is 22.8 Å². The second-order valence-electron chi connectivity index (χ2n) is 4.56. The number of anilines is 1. The summed E-state index contributed by atoms with van der Waals surface area (Å²) in [5.74, 6) is -1.24. The lowest BCUT2D eigenvalue weighted by Crippen LogP contribution is -2.38. The quantitative estimate of drug-likeness (QED) is 0.714. The SMILES string of the molecule is Cc1cc(C)c(S(=O)(=O)N[C@@H](C)C(=O)O)c(C)c1N. The molecule has 4 N–H and O–H groups in total. The molecule has 0 radical (unpaired) electrons. The zero-order valence-electron chi connectivity index (χ0n) is 11.3. The third kappa shape index (κ3) is 3.05. The minimum atomic E-state index is -3.92.